The maximum absolute atomic E-state index is 12.0. The van der Waals surface area contributed by atoms with Gasteiger partial charge in [0, 0.05) is 17.3 Å². The molecule has 5 atom stereocenters. The predicted molar refractivity (Wildman–Crippen MR) is 103 cm³/mol. The van der Waals surface area contributed by atoms with Crippen molar-refractivity contribution in [2.75, 3.05) is 19.8 Å². The molecule has 2 N–H and O–H groups in total. The lowest BCUT2D eigenvalue weighted by Gasteiger charge is -2.57. The maximum atomic E-state index is 12.0. The number of carbonyl (C=O) groups is 1. The molecule has 5 rings (SSSR count). The van der Waals surface area contributed by atoms with Crippen molar-refractivity contribution >= 4 is 5.78 Å². The summed E-state index contributed by atoms with van der Waals surface area (Å²) in [7, 11) is 0. The molecule has 5 heteroatoms. The van der Waals surface area contributed by atoms with Gasteiger partial charge in [0.05, 0.1) is 13.2 Å². The van der Waals surface area contributed by atoms with E-state index in [2.05, 4.69) is 19.9 Å². The van der Waals surface area contributed by atoms with Gasteiger partial charge in [-0.25, -0.2) is 0 Å². The van der Waals surface area contributed by atoms with Gasteiger partial charge in [0.25, 0.3) is 0 Å². The van der Waals surface area contributed by atoms with Crippen molar-refractivity contribution in [3.63, 3.8) is 0 Å². The van der Waals surface area contributed by atoms with E-state index in [1.807, 2.05) is 6.08 Å². The molecule has 4 aliphatic carbocycles. The zero-order valence-corrected chi connectivity index (χ0v) is 17.0. The van der Waals surface area contributed by atoms with Crippen LogP contribution in [-0.4, -0.2) is 47.2 Å². The van der Waals surface area contributed by atoms with E-state index < -0.39 is 16.8 Å². The average molecular weight is 389 g/mol. The van der Waals surface area contributed by atoms with Crippen LogP contribution in [0.1, 0.15) is 58.8 Å². The van der Waals surface area contributed by atoms with Gasteiger partial charge in [-0.3, -0.25) is 4.79 Å². The predicted octanol–water partition coefficient (Wildman–Crippen LogP) is 2.90. The molecule has 0 aromatic rings. The quantitative estimate of drug-likeness (QED) is 0.712. The van der Waals surface area contributed by atoms with E-state index in [1.165, 1.54) is 11.1 Å². The SMILES string of the molecule is CC12CCC(=O)C=C1CCC1C2=CCC2(C)C1CCC2(O)C1(CO)OCCO1. The Balaban J connectivity index is 1.55. The van der Waals surface area contributed by atoms with E-state index in [9.17, 15) is 15.0 Å². The molecule has 5 nitrogen and oxygen atoms in total. The molecular weight excluding hydrogens is 356 g/mol. The molecule has 5 unspecified atom stereocenters. The van der Waals surface area contributed by atoms with Crippen molar-refractivity contribution in [1.29, 1.82) is 0 Å². The molecule has 28 heavy (non-hydrogen) atoms. The minimum atomic E-state index is -1.30. The number of fused-ring (bicyclic) bond motifs is 5. The minimum Gasteiger partial charge on any atom is -0.391 e. The number of ether oxygens (including phenoxy) is 2. The molecule has 1 heterocycles. The summed E-state index contributed by atoms with van der Waals surface area (Å²) in [5, 5.41) is 22.1. The summed E-state index contributed by atoms with van der Waals surface area (Å²) in [4.78, 5) is 12.0. The first-order valence-corrected chi connectivity index (χ1v) is 10.9. The Bertz CT molecular complexity index is 763. The van der Waals surface area contributed by atoms with Crippen LogP contribution in [0.25, 0.3) is 0 Å². The second-order valence-electron chi connectivity index (χ2n) is 10.0. The molecule has 0 bridgehead atoms. The van der Waals surface area contributed by atoms with Crippen LogP contribution in [0, 0.1) is 22.7 Å². The molecule has 0 aromatic carbocycles. The number of allylic oxidation sites excluding steroid dienone is 4. The Hall–Kier alpha value is -1.01. The highest BCUT2D eigenvalue weighted by molar-refractivity contribution is 5.92. The number of hydrogen-bond donors (Lipinski definition) is 2. The van der Waals surface area contributed by atoms with Crippen LogP contribution in [0.3, 0.4) is 0 Å². The fraction of sp³-hybridized carbons (Fsp3) is 0.783. The standard InChI is InChI=1S/C23H32O5/c1-20-8-5-16(25)13-15(20)3-4-17-18(20)6-9-21(2)19(17)7-10-22(21,26)23(14-24)27-11-12-28-23/h6,13,17,19,24,26H,3-5,7-12,14H2,1-2H3. The Morgan fingerprint density at radius 1 is 1.14 bits per heavy atom. The molecule has 0 radical (unpaired) electrons. The summed E-state index contributed by atoms with van der Waals surface area (Å²) in [5.74, 6) is -0.282. The lowest BCUT2D eigenvalue weighted by molar-refractivity contribution is -0.314. The molecule has 1 aliphatic heterocycles. The van der Waals surface area contributed by atoms with E-state index in [1.54, 1.807) is 0 Å². The first-order valence-electron chi connectivity index (χ1n) is 10.9. The molecule has 0 spiro atoms. The number of carbonyl (C=O) groups excluding carboxylic acids is 1. The van der Waals surface area contributed by atoms with Gasteiger partial charge in [-0.05, 0) is 56.4 Å². The molecule has 1 saturated heterocycles. The number of aliphatic hydroxyl groups is 2. The third-order valence-corrected chi connectivity index (χ3v) is 9.08. The van der Waals surface area contributed by atoms with Crippen LogP contribution < -0.4 is 0 Å². The number of rotatable bonds is 2. The van der Waals surface area contributed by atoms with Crippen LogP contribution in [0.4, 0.5) is 0 Å². The largest absolute Gasteiger partial charge is 0.391 e. The minimum absolute atomic E-state index is 0.00606. The highest BCUT2D eigenvalue weighted by atomic mass is 16.8. The maximum Gasteiger partial charge on any atom is 0.222 e. The highest BCUT2D eigenvalue weighted by Gasteiger charge is 2.70. The normalized spacial score (nSPS) is 47.1. The Morgan fingerprint density at radius 3 is 2.61 bits per heavy atom. The van der Waals surface area contributed by atoms with Crippen LogP contribution >= 0.6 is 0 Å². The number of ketones is 1. The Labute approximate surface area is 166 Å². The third-order valence-electron chi connectivity index (χ3n) is 9.08. The van der Waals surface area contributed by atoms with Crippen molar-refractivity contribution in [3.05, 3.63) is 23.3 Å². The van der Waals surface area contributed by atoms with E-state index in [0.717, 1.165) is 32.1 Å². The summed E-state index contributed by atoms with van der Waals surface area (Å²) in [6.07, 6.45) is 10.0. The first-order chi connectivity index (χ1) is 13.3. The van der Waals surface area contributed by atoms with E-state index in [-0.39, 0.29) is 17.8 Å². The lowest BCUT2D eigenvalue weighted by atomic mass is 9.50. The summed E-state index contributed by atoms with van der Waals surface area (Å²) in [6.45, 7) is 4.98. The van der Waals surface area contributed by atoms with Crippen molar-refractivity contribution in [3.8, 4) is 0 Å². The summed E-state index contributed by atoms with van der Waals surface area (Å²) >= 11 is 0. The molecule has 5 aliphatic rings. The van der Waals surface area contributed by atoms with Gasteiger partial charge in [-0.2, -0.15) is 0 Å². The van der Waals surface area contributed by atoms with Crippen molar-refractivity contribution < 1.29 is 24.5 Å². The van der Waals surface area contributed by atoms with Crippen molar-refractivity contribution in [1.82, 2.24) is 0 Å². The van der Waals surface area contributed by atoms with E-state index in [0.29, 0.717) is 37.9 Å². The van der Waals surface area contributed by atoms with Gasteiger partial charge in [0.2, 0.25) is 5.79 Å². The average Bonchev–Trinajstić information content (AvgIpc) is 3.27. The molecule has 2 saturated carbocycles. The monoisotopic (exact) mass is 388 g/mol. The van der Waals surface area contributed by atoms with Crippen molar-refractivity contribution in [2.45, 2.75) is 70.2 Å². The van der Waals surface area contributed by atoms with Gasteiger partial charge >= 0.3 is 0 Å². The third kappa shape index (κ3) is 2.14. The fourth-order valence-electron chi connectivity index (χ4n) is 7.41. The summed E-state index contributed by atoms with van der Waals surface area (Å²) in [6, 6.07) is 0. The molecular formula is C23H32O5. The van der Waals surface area contributed by atoms with Gasteiger partial charge < -0.3 is 19.7 Å². The van der Waals surface area contributed by atoms with Crippen LogP contribution in [0.5, 0.6) is 0 Å². The fourth-order valence-corrected chi connectivity index (χ4v) is 7.41. The van der Waals surface area contributed by atoms with E-state index in [4.69, 9.17) is 9.47 Å². The van der Waals surface area contributed by atoms with Crippen LogP contribution in [0.2, 0.25) is 0 Å². The molecule has 154 valence electrons. The number of hydrogen-bond acceptors (Lipinski definition) is 5. The Kier molecular flexibility index (Phi) is 4.07. The van der Waals surface area contributed by atoms with Gasteiger partial charge in [0.15, 0.2) is 5.78 Å². The first kappa shape index (κ1) is 19.0. The van der Waals surface area contributed by atoms with Gasteiger partial charge in [0.1, 0.15) is 12.2 Å². The lowest BCUT2D eigenvalue weighted by Crippen LogP contribution is -2.65. The number of aliphatic hydroxyl groups excluding tert-OH is 1. The van der Waals surface area contributed by atoms with Crippen molar-refractivity contribution in [2.24, 2.45) is 22.7 Å². The van der Waals surface area contributed by atoms with Gasteiger partial charge in [-0.15, -0.1) is 0 Å². The zero-order valence-electron chi connectivity index (χ0n) is 17.0. The summed E-state index contributed by atoms with van der Waals surface area (Å²) < 4.78 is 11.7. The van der Waals surface area contributed by atoms with E-state index >= 15 is 0 Å². The smallest absolute Gasteiger partial charge is 0.222 e. The second-order valence-corrected chi connectivity index (χ2v) is 10.0. The van der Waals surface area contributed by atoms with Crippen LogP contribution in [0.15, 0.2) is 23.3 Å². The summed E-state index contributed by atoms with van der Waals surface area (Å²) in [5.41, 5.74) is 1.19. The van der Waals surface area contributed by atoms with Crippen LogP contribution in [-0.2, 0) is 14.3 Å². The molecule has 3 fully saturated rings. The molecule has 0 amide bonds. The van der Waals surface area contributed by atoms with Gasteiger partial charge in [-0.1, -0.05) is 31.1 Å². The highest BCUT2D eigenvalue weighted by Crippen LogP contribution is 2.67. The molecule has 0 aromatic heterocycles. The topological polar surface area (TPSA) is 76.0 Å². The zero-order chi connectivity index (χ0) is 19.8. The Morgan fingerprint density at radius 2 is 1.89 bits per heavy atom. The second kappa shape index (κ2) is 6.00.